The topological polar surface area (TPSA) is 97.8 Å². The highest BCUT2D eigenvalue weighted by molar-refractivity contribution is 5.70. The summed E-state index contributed by atoms with van der Waals surface area (Å²) in [5.41, 5.74) is 7.03. The quantitative estimate of drug-likeness (QED) is 0.657. The molecule has 3 N–H and O–H groups in total. The molecular weight excluding hydrogens is 251 g/mol. The van der Waals surface area contributed by atoms with Gasteiger partial charge in [0.25, 0.3) is 5.69 Å². The highest BCUT2D eigenvalue weighted by atomic mass is 19.1. The van der Waals surface area contributed by atoms with Gasteiger partial charge in [-0.2, -0.15) is 5.10 Å². The van der Waals surface area contributed by atoms with Gasteiger partial charge in [-0.05, 0) is 12.0 Å². The number of hydrogen-bond donors (Lipinski definition) is 2. The Morgan fingerprint density at radius 1 is 1.42 bits per heavy atom. The number of H-pyrrole nitrogens is 1. The van der Waals surface area contributed by atoms with Gasteiger partial charge >= 0.3 is 0 Å². The lowest BCUT2D eigenvalue weighted by molar-refractivity contribution is -0.385. The summed E-state index contributed by atoms with van der Waals surface area (Å²) in [5.74, 6) is -0.292. The number of nitrogen functional groups attached to an aromatic ring is 1. The van der Waals surface area contributed by atoms with Crippen LogP contribution in [0.2, 0.25) is 0 Å². The Kier molecular flexibility index (Phi) is 3.20. The van der Waals surface area contributed by atoms with Crippen molar-refractivity contribution in [2.75, 3.05) is 5.73 Å². The molecule has 0 bridgehead atoms. The number of anilines is 1. The minimum atomic E-state index is -0.674. The number of nitrogens with zero attached hydrogens (tertiary/aromatic N) is 2. The first kappa shape index (κ1) is 13.0. The van der Waals surface area contributed by atoms with Crippen LogP contribution >= 0.6 is 0 Å². The van der Waals surface area contributed by atoms with Crippen molar-refractivity contribution in [3.05, 3.63) is 39.7 Å². The zero-order chi connectivity index (χ0) is 14.2. The third kappa shape index (κ3) is 2.40. The molecule has 1 aromatic carbocycles. The smallest absolute Gasteiger partial charge is 0.273 e. The fourth-order valence-electron chi connectivity index (χ4n) is 1.99. The third-order valence-corrected chi connectivity index (χ3v) is 2.79. The molecule has 0 aliphatic rings. The summed E-state index contributed by atoms with van der Waals surface area (Å²) in [4.78, 5) is 10.1. The molecular formula is C12H13FN4O2. The monoisotopic (exact) mass is 264 g/mol. The average Bonchev–Trinajstić information content (AvgIpc) is 2.70. The second kappa shape index (κ2) is 4.68. The summed E-state index contributed by atoms with van der Waals surface area (Å²) in [6, 6.07) is 3.38. The minimum Gasteiger partial charge on any atom is -0.382 e. The lowest BCUT2D eigenvalue weighted by Crippen LogP contribution is -1.96. The van der Waals surface area contributed by atoms with Gasteiger partial charge in [-0.25, -0.2) is 4.39 Å². The number of nitrogens with one attached hydrogen (secondary N) is 1. The summed E-state index contributed by atoms with van der Waals surface area (Å²) in [6.45, 7) is 3.83. The molecule has 0 saturated carbocycles. The molecule has 0 fully saturated rings. The standard InChI is InChI=1S/C12H13FN4O2/c1-6(2)10-11(15-16-12(10)14)7-3-8(13)5-9(4-7)17(18)19/h3-6H,1-2H3,(H3,14,15,16). The predicted octanol–water partition coefficient (Wildman–Crippen LogP) is 2.83. The number of nitrogens with two attached hydrogens (primary N) is 1. The van der Waals surface area contributed by atoms with Crippen molar-refractivity contribution >= 4 is 11.5 Å². The molecule has 0 unspecified atom stereocenters. The lowest BCUT2D eigenvalue weighted by Gasteiger charge is -2.07. The van der Waals surface area contributed by atoms with Crippen LogP contribution in [0.25, 0.3) is 11.3 Å². The Balaban J connectivity index is 2.62. The maximum absolute atomic E-state index is 13.4. The van der Waals surface area contributed by atoms with Crippen LogP contribution in [0.3, 0.4) is 0 Å². The highest BCUT2D eigenvalue weighted by Crippen LogP contribution is 2.33. The van der Waals surface area contributed by atoms with Gasteiger partial charge < -0.3 is 5.73 Å². The fraction of sp³-hybridized carbons (Fsp3) is 0.250. The van der Waals surface area contributed by atoms with E-state index in [0.29, 0.717) is 17.1 Å². The van der Waals surface area contributed by atoms with E-state index in [1.165, 1.54) is 12.1 Å². The fourth-order valence-corrected chi connectivity index (χ4v) is 1.99. The molecule has 19 heavy (non-hydrogen) atoms. The van der Waals surface area contributed by atoms with E-state index >= 15 is 0 Å². The first-order valence-corrected chi connectivity index (χ1v) is 5.69. The van der Waals surface area contributed by atoms with Crippen LogP contribution in [0.1, 0.15) is 25.3 Å². The normalized spacial score (nSPS) is 10.9. The summed E-state index contributed by atoms with van der Waals surface area (Å²) >= 11 is 0. The predicted molar refractivity (Wildman–Crippen MR) is 69.1 cm³/mol. The van der Waals surface area contributed by atoms with Gasteiger partial charge in [0.15, 0.2) is 0 Å². The van der Waals surface area contributed by atoms with Crippen molar-refractivity contribution in [1.82, 2.24) is 10.2 Å². The maximum atomic E-state index is 13.4. The molecule has 1 aromatic heterocycles. The number of aromatic nitrogens is 2. The third-order valence-electron chi connectivity index (χ3n) is 2.79. The highest BCUT2D eigenvalue weighted by Gasteiger charge is 2.19. The number of aromatic amines is 1. The maximum Gasteiger partial charge on any atom is 0.273 e. The van der Waals surface area contributed by atoms with Crippen molar-refractivity contribution in [3.63, 3.8) is 0 Å². The zero-order valence-electron chi connectivity index (χ0n) is 10.5. The van der Waals surface area contributed by atoms with E-state index in [1.807, 2.05) is 13.8 Å². The van der Waals surface area contributed by atoms with Crippen LogP contribution < -0.4 is 5.73 Å². The Bertz CT molecular complexity index is 637. The van der Waals surface area contributed by atoms with Gasteiger partial charge in [0.1, 0.15) is 11.6 Å². The number of rotatable bonds is 3. The lowest BCUT2D eigenvalue weighted by atomic mass is 9.98. The van der Waals surface area contributed by atoms with Crippen LogP contribution in [0.15, 0.2) is 18.2 Å². The van der Waals surface area contributed by atoms with E-state index < -0.39 is 10.7 Å². The van der Waals surface area contributed by atoms with Crippen LogP contribution in [0.5, 0.6) is 0 Å². The van der Waals surface area contributed by atoms with Gasteiger partial charge in [0.2, 0.25) is 0 Å². The molecule has 100 valence electrons. The molecule has 0 aliphatic carbocycles. The van der Waals surface area contributed by atoms with Crippen molar-refractivity contribution < 1.29 is 9.31 Å². The van der Waals surface area contributed by atoms with Crippen molar-refractivity contribution in [2.45, 2.75) is 19.8 Å². The number of nitro groups is 1. The van der Waals surface area contributed by atoms with Crippen molar-refractivity contribution in [1.29, 1.82) is 0 Å². The molecule has 7 heteroatoms. The van der Waals surface area contributed by atoms with E-state index in [1.54, 1.807) is 0 Å². The molecule has 0 atom stereocenters. The Morgan fingerprint density at radius 2 is 2.11 bits per heavy atom. The van der Waals surface area contributed by atoms with Crippen LogP contribution in [-0.2, 0) is 0 Å². The number of nitro benzene ring substituents is 1. The second-order valence-electron chi connectivity index (χ2n) is 4.51. The molecule has 6 nitrogen and oxygen atoms in total. The first-order chi connectivity index (χ1) is 8.90. The van der Waals surface area contributed by atoms with Crippen molar-refractivity contribution in [2.24, 2.45) is 0 Å². The van der Waals surface area contributed by atoms with Crippen molar-refractivity contribution in [3.8, 4) is 11.3 Å². The first-order valence-electron chi connectivity index (χ1n) is 5.69. The summed E-state index contributed by atoms with van der Waals surface area (Å²) in [7, 11) is 0. The van der Waals surface area contributed by atoms with Crippen LogP contribution in [-0.4, -0.2) is 15.1 Å². The zero-order valence-corrected chi connectivity index (χ0v) is 10.5. The van der Waals surface area contributed by atoms with Gasteiger partial charge in [0, 0.05) is 17.2 Å². The number of benzene rings is 1. The summed E-state index contributed by atoms with van der Waals surface area (Å²) in [6.07, 6.45) is 0. The molecule has 0 amide bonds. The van der Waals surface area contributed by atoms with E-state index in [2.05, 4.69) is 10.2 Å². The van der Waals surface area contributed by atoms with Gasteiger partial charge in [0.05, 0.1) is 16.7 Å². The molecule has 0 aliphatic heterocycles. The van der Waals surface area contributed by atoms with Gasteiger partial charge in [-0.15, -0.1) is 0 Å². The minimum absolute atomic E-state index is 0.0658. The van der Waals surface area contributed by atoms with E-state index in [4.69, 9.17) is 5.73 Å². The number of halogens is 1. The Labute approximate surface area is 108 Å². The number of hydrogen-bond acceptors (Lipinski definition) is 4. The molecule has 2 aromatic rings. The second-order valence-corrected chi connectivity index (χ2v) is 4.51. The average molecular weight is 264 g/mol. The Morgan fingerprint density at radius 3 is 2.68 bits per heavy atom. The molecule has 0 spiro atoms. The largest absolute Gasteiger partial charge is 0.382 e. The molecule has 2 rings (SSSR count). The van der Waals surface area contributed by atoms with E-state index in [-0.39, 0.29) is 11.6 Å². The molecule has 0 radical (unpaired) electrons. The number of non-ortho nitro benzene ring substituents is 1. The van der Waals surface area contributed by atoms with E-state index in [0.717, 1.165) is 11.6 Å². The summed E-state index contributed by atoms with van der Waals surface area (Å²) < 4.78 is 13.4. The Hall–Kier alpha value is -2.44. The van der Waals surface area contributed by atoms with Gasteiger partial charge in [-0.1, -0.05) is 13.8 Å². The van der Waals surface area contributed by atoms with Crippen LogP contribution in [0.4, 0.5) is 15.9 Å². The summed E-state index contributed by atoms with van der Waals surface area (Å²) in [5, 5.41) is 17.3. The van der Waals surface area contributed by atoms with E-state index in [9.17, 15) is 14.5 Å². The molecule has 1 heterocycles. The van der Waals surface area contributed by atoms with Crippen LogP contribution in [0, 0.1) is 15.9 Å². The SMILES string of the molecule is CC(C)c1c(N)n[nH]c1-c1cc(F)cc([N+](=O)[O-])c1. The molecule has 0 saturated heterocycles. The van der Waals surface area contributed by atoms with Gasteiger partial charge in [-0.3, -0.25) is 15.2 Å².